The number of hydrogen-bond acceptors (Lipinski definition) is 6. The second kappa shape index (κ2) is 15.5. The zero-order valence-electron chi connectivity index (χ0n) is 25.2. The van der Waals surface area contributed by atoms with Crippen molar-refractivity contribution >= 4 is 29.3 Å². The fourth-order valence-electron chi connectivity index (χ4n) is 5.17. The first-order valence-electron chi connectivity index (χ1n) is 14.9. The molecule has 1 fully saturated rings. The lowest BCUT2D eigenvalue weighted by atomic mass is 9.88. The van der Waals surface area contributed by atoms with Crippen LogP contribution < -0.4 is 10.1 Å². The van der Waals surface area contributed by atoms with Crippen LogP contribution in [0.1, 0.15) is 85.6 Å². The molecule has 1 aliphatic carbocycles. The van der Waals surface area contributed by atoms with Crippen LogP contribution in [0.3, 0.4) is 0 Å². The molecule has 1 amide bonds. The minimum atomic E-state index is -0.317. The Kier molecular flexibility index (Phi) is 11.5. The van der Waals surface area contributed by atoms with Crippen LogP contribution >= 0.6 is 11.3 Å². The maximum Gasteiger partial charge on any atom is 0.333 e. The van der Waals surface area contributed by atoms with E-state index in [1.807, 2.05) is 68.5 Å². The number of benzene rings is 2. The number of amides is 1. The summed E-state index contributed by atoms with van der Waals surface area (Å²) in [5.74, 6) is 0.678. The molecule has 0 unspecified atom stereocenters. The van der Waals surface area contributed by atoms with Gasteiger partial charge in [0.2, 0.25) is 5.91 Å². The number of allylic oxidation sites excluding steroid dienone is 2. The van der Waals surface area contributed by atoms with Gasteiger partial charge in [-0.15, -0.1) is 11.3 Å². The van der Waals surface area contributed by atoms with Gasteiger partial charge in [0.15, 0.2) is 0 Å². The van der Waals surface area contributed by atoms with E-state index in [1.54, 1.807) is 25.2 Å². The van der Waals surface area contributed by atoms with E-state index in [-0.39, 0.29) is 23.8 Å². The summed E-state index contributed by atoms with van der Waals surface area (Å²) in [6.45, 7) is 8.41. The summed E-state index contributed by atoms with van der Waals surface area (Å²) in [7, 11) is 0. The molecule has 222 valence electrons. The summed E-state index contributed by atoms with van der Waals surface area (Å²) in [5, 5.41) is 4.23. The van der Waals surface area contributed by atoms with Crippen LogP contribution in [0.15, 0.2) is 71.8 Å². The van der Waals surface area contributed by atoms with E-state index >= 15 is 0 Å². The van der Waals surface area contributed by atoms with Gasteiger partial charge in [-0.1, -0.05) is 61.7 Å². The molecule has 1 heterocycles. The Hall–Kier alpha value is -3.71. The molecule has 1 aliphatic rings. The Labute approximate surface area is 253 Å². The minimum Gasteiger partial charge on any atom is -0.489 e. The topological polar surface area (TPSA) is 77.5 Å². The van der Waals surface area contributed by atoms with Crippen molar-refractivity contribution in [1.82, 2.24) is 10.3 Å². The van der Waals surface area contributed by atoms with Gasteiger partial charge in [0.25, 0.3) is 0 Å². The van der Waals surface area contributed by atoms with E-state index in [4.69, 9.17) is 14.5 Å². The molecule has 0 spiro atoms. The van der Waals surface area contributed by atoms with Gasteiger partial charge >= 0.3 is 5.97 Å². The average Bonchev–Trinajstić information content (AvgIpc) is 3.36. The highest BCUT2D eigenvalue weighted by Crippen LogP contribution is 2.30. The number of nitrogens with zero attached hydrogens (tertiary/aromatic N) is 1. The summed E-state index contributed by atoms with van der Waals surface area (Å²) in [4.78, 5) is 31.4. The van der Waals surface area contributed by atoms with Crippen LogP contribution in [-0.4, -0.2) is 23.5 Å². The van der Waals surface area contributed by atoms with Crippen LogP contribution in [0.5, 0.6) is 5.75 Å². The number of aryl methyl sites for hydroxylation is 1. The molecule has 1 aromatic heterocycles. The lowest BCUT2D eigenvalue weighted by Crippen LogP contribution is -2.35. The van der Waals surface area contributed by atoms with Gasteiger partial charge in [-0.25, -0.2) is 9.78 Å². The number of nitrogens with one attached hydrogen (secondary N) is 1. The first-order chi connectivity index (χ1) is 20.3. The predicted molar refractivity (Wildman–Crippen MR) is 169 cm³/mol. The molecule has 7 heteroatoms. The summed E-state index contributed by atoms with van der Waals surface area (Å²) in [6.07, 6.45) is 9.75. The van der Waals surface area contributed by atoms with Crippen molar-refractivity contribution in [3.63, 3.8) is 0 Å². The molecular weight excluding hydrogens is 544 g/mol. The van der Waals surface area contributed by atoms with Crippen molar-refractivity contribution in [2.45, 2.75) is 78.9 Å². The largest absolute Gasteiger partial charge is 0.489 e. The molecule has 3 aromatic rings. The third-order valence-electron chi connectivity index (χ3n) is 7.46. The highest BCUT2D eigenvalue weighted by atomic mass is 32.1. The molecule has 0 aliphatic heterocycles. The number of hydrogen-bond donors (Lipinski definition) is 1. The molecule has 0 saturated heterocycles. The Morgan fingerprint density at radius 2 is 1.74 bits per heavy atom. The Morgan fingerprint density at radius 1 is 1.02 bits per heavy atom. The van der Waals surface area contributed by atoms with Crippen molar-refractivity contribution in [1.29, 1.82) is 0 Å². The smallest absolute Gasteiger partial charge is 0.333 e. The molecule has 1 saturated carbocycles. The van der Waals surface area contributed by atoms with E-state index in [0.717, 1.165) is 63.7 Å². The summed E-state index contributed by atoms with van der Waals surface area (Å²) < 4.78 is 11.1. The van der Waals surface area contributed by atoms with Gasteiger partial charge < -0.3 is 14.8 Å². The van der Waals surface area contributed by atoms with Gasteiger partial charge in [-0.2, -0.15) is 0 Å². The van der Waals surface area contributed by atoms with E-state index < -0.39 is 0 Å². The fraction of sp³-hybridized carbons (Fsp3) is 0.400. The molecule has 1 N–H and O–H groups in total. The van der Waals surface area contributed by atoms with Gasteiger partial charge in [0, 0.05) is 16.4 Å². The lowest BCUT2D eigenvalue weighted by molar-refractivity contribution is -0.138. The minimum absolute atomic E-state index is 0.0636. The third kappa shape index (κ3) is 9.15. The first-order valence-corrected chi connectivity index (χ1v) is 15.7. The standard InChI is InChI=1S/C35H42N2O4S/c1-5-40-35(39)25(3)20-24(2)21-31-26(4)42-34(37-31)32(36-33(38)29-14-10-7-11-15-29)22-27-16-18-30(19-17-27)41-23-28-12-8-6-9-13-28/h6,8-9,12-13,16-21,29,32H,5,7,10-11,14-15,22-23H2,1-4H3,(H,36,38)/b24-21+,25-20-/t32-/m0/s1. The Bertz CT molecular complexity index is 1390. The normalized spacial score (nSPS) is 15.2. The van der Waals surface area contributed by atoms with E-state index in [0.29, 0.717) is 25.2 Å². The van der Waals surface area contributed by atoms with E-state index in [9.17, 15) is 9.59 Å². The number of rotatable bonds is 12. The van der Waals surface area contributed by atoms with Crippen molar-refractivity contribution in [3.05, 3.63) is 98.5 Å². The number of esters is 1. The second-order valence-electron chi connectivity index (χ2n) is 10.9. The first kappa shape index (κ1) is 31.2. The zero-order chi connectivity index (χ0) is 29.9. The highest BCUT2D eigenvalue weighted by Gasteiger charge is 2.26. The van der Waals surface area contributed by atoms with Crippen LogP contribution in [0, 0.1) is 12.8 Å². The molecular formula is C35H42N2O4S. The van der Waals surface area contributed by atoms with Gasteiger partial charge in [0.1, 0.15) is 17.4 Å². The molecule has 0 bridgehead atoms. The van der Waals surface area contributed by atoms with Crippen molar-refractivity contribution in [2.24, 2.45) is 5.92 Å². The molecule has 0 radical (unpaired) electrons. The number of aromatic nitrogens is 1. The Balaban J connectivity index is 1.51. The van der Waals surface area contributed by atoms with Crippen molar-refractivity contribution < 1.29 is 19.1 Å². The van der Waals surface area contributed by atoms with E-state index in [1.165, 1.54) is 6.42 Å². The second-order valence-corrected chi connectivity index (χ2v) is 12.2. The molecule has 1 atom stereocenters. The fourth-order valence-corrected chi connectivity index (χ4v) is 6.12. The monoisotopic (exact) mass is 586 g/mol. The van der Waals surface area contributed by atoms with Crippen LogP contribution in [0.2, 0.25) is 0 Å². The molecule has 42 heavy (non-hydrogen) atoms. The van der Waals surface area contributed by atoms with Crippen LogP contribution in [0.25, 0.3) is 6.08 Å². The quantitative estimate of drug-likeness (QED) is 0.133. The molecule has 6 nitrogen and oxygen atoms in total. The molecule has 2 aromatic carbocycles. The third-order valence-corrected chi connectivity index (χ3v) is 8.56. The number of ether oxygens (including phenoxy) is 2. The van der Waals surface area contributed by atoms with Crippen molar-refractivity contribution in [3.8, 4) is 5.75 Å². The maximum atomic E-state index is 13.3. The Morgan fingerprint density at radius 3 is 2.43 bits per heavy atom. The SMILES string of the molecule is CCOC(=O)/C(C)=C\C(C)=C\c1nc([C@H](Cc2ccc(OCc3ccccc3)cc2)NC(=O)C2CCCCC2)sc1C. The number of carbonyl (C=O) groups excluding carboxylic acids is 2. The van der Waals surface area contributed by atoms with Gasteiger partial charge in [-0.3, -0.25) is 4.79 Å². The summed E-state index contributed by atoms with van der Waals surface area (Å²) in [5.41, 5.74) is 4.53. The maximum absolute atomic E-state index is 13.3. The summed E-state index contributed by atoms with van der Waals surface area (Å²) >= 11 is 1.61. The van der Waals surface area contributed by atoms with Crippen LogP contribution in [-0.2, 0) is 27.4 Å². The number of carbonyl (C=O) groups is 2. The highest BCUT2D eigenvalue weighted by molar-refractivity contribution is 7.11. The van der Waals surface area contributed by atoms with Crippen molar-refractivity contribution in [2.75, 3.05) is 6.61 Å². The average molecular weight is 587 g/mol. The number of thiazole rings is 1. The van der Waals surface area contributed by atoms with E-state index in [2.05, 4.69) is 17.4 Å². The molecule has 4 rings (SSSR count). The van der Waals surface area contributed by atoms with Crippen LogP contribution in [0.4, 0.5) is 0 Å². The van der Waals surface area contributed by atoms with Gasteiger partial charge in [0.05, 0.1) is 18.3 Å². The summed E-state index contributed by atoms with van der Waals surface area (Å²) in [6, 6.07) is 18.0. The lowest BCUT2D eigenvalue weighted by Gasteiger charge is -2.24. The van der Waals surface area contributed by atoms with Gasteiger partial charge in [-0.05, 0) is 87.9 Å². The zero-order valence-corrected chi connectivity index (χ0v) is 26.0. The predicted octanol–water partition coefficient (Wildman–Crippen LogP) is 7.92.